The van der Waals surface area contributed by atoms with Gasteiger partial charge in [-0.25, -0.2) is 0 Å². The molecule has 0 aliphatic heterocycles. The van der Waals surface area contributed by atoms with Gasteiger partial charge in [-0.3, -0.25) is 14.9 Å². The van der Waals surface area contributed by atoms with Gasteiger partial charge in [0.15, 0.2) is 5.56 Å². The number of aromatic hydroxyl groups is 1. The zero-order valence-corrected chi connectivity index (χ0v) is 16.1. The topological polar surface area (TPSA) is 102 Å². The number of carbonyl (C=O) groups is 1. The van der Waals surface area contributed by atoms with Crippen LogP contribution in [0.5, 0.6) is 17.2 Å². The minimum atomic E-state index is -4.54. The molecule has 31 heavy (non-hydrogen) atoms. The lowest BCUT2D eigenvalue weighted by atomic mass is 10.1. The number of phenolic OH excluding ortho intramolecular Hbond substituents is 1. The van der Waals surface area contributed by atoms with Gasteiger partial charge in [-0.15, -0.1) is 0 Å². The third-order valence-corrected chi connectivity index (χ3v) is 4.32. The highest BCUT2D eigenvalue weighted by Gasteiger charge is 2.30. The lowest BCUT2D eigenvalue weighted by Gasteiger charge is -2.12. The molecule has 0 aliphatic carbocycles. The Morgan fingerprint density at radius 1 is 1.10 bits per heavy atom. The van der Waals surface area contributed by atoms with E-state index in [9.17, 15) is 33.2 Å². The van der Waals surface area contributed by atoms with Crippen LogP contribution in [0.2, 0.25) is 5.02 Å². The van der Waals surface area contributed by atoms with E-state index in [0.717, 1.165) is 24.3 Å². The number of carbonyl (C=O) groups excluding carboxylic acids is 1. The summed E-state index contributed by atoms with van der Waals surface area (Å²) in [7, 11) is 0. The molecule has 0 heterocycles. The number of amides is 1. The maximum absolute atomic E-state index is 12.8. The van der Waals surface area contributed by atoms with Gasteiger partial charge < -0.3 is 15.2 Å². The molecule has 7 nitrogen and oxygen atoms in total. The van der Waals surface area contributed by atoms with Crippen molar-refractivity contribution in [1.82, 2.24) is 0 Å². The Hall–Kier alpha value is -3.79. The molecule has 0 aromatic heterocycles. The third kappa shape index (κ3) is 5.04. The van der Waals surface area contributed by atoms with E-state index in [1.807, 2.05) is 0 Å². The van der Waals surface area contributed by atoms with Crippen molar-refractivity contribution in [2.24, 2.45) is 0 Å². The number of anilines is 1. The van der Waals surface area contributed by atoms with E-state index in [0.29, 0.717) is 0 Å². The molecule has 3 rings (SSSR count). The first kappa shape index (κ1) is 21.9. The molecular formula is C20H12ClF3N2O5. The summed E-state index contributed by atoms with van der Waals surface area (Å²) in [6.07, 6.45) is -4.54. The van der Waals surface area contributed by atoms with Gasteiger partial charge in [0.1, 0.15) is 17.2 Å². The van der Waals surface area contributed by atoms with Crippen molar-refractivity contribution < 1.29 is 32.7 Å². The smallest absolute Gasteiger partial charge is 0.416 e. The number of hydrogen-bond acceptors (Lipinski definition) is 5. The predicted octanol–water partition coefficient (Wildman–Crippen LogP) is 6.02. The first-order valence-electron chi connectivity index (χ1n) is 8.48. The van der Waals surface area contributed by atoms with E-state index >= 15 is 0 Å². The van der Waals surface area contributed by atoms with Gasteiger partial charge in [0.25, 0.3) is 11.6 Å². The van der Waals surface area contributed by atoms with Crippen LogP contribution in [0.25, 0.3) is 0 Å². The number of halogens is 4. The lowest BCUT2D eigenvalue weighted by Crippen LogP contribution is -2.14. The zero-order chi connectivity index (χ0) is 22.8. The number of ether oxygens (including phenoxy) is 1. The Morgan fingerprint density at radius 3 is 2.45 bits per heavy atom. The Balaban J connectivity index is 1.81. The predicted molar refractivity (Wildman–Crippen MR) is 106 cm³/mol. The fourth-order valence-electron chi connectivity index (χ4n) is 2.63. The molecule has 0 fully saturated rings. The molecule has 0 saturated carbocycles. The fraction of sp³-hybridized carbons (Fsp3) is 0.0500. The first-order chi connectivity index (χ1) is 14.6. The van der Waals surface area contributed by atoms with Crippen LogP contribution in [-0.4, -0.2) is 15.9 Å². The average molecular weight is 453 g/mol. The number of benzene rings is 3. The van der Waals surface area contributed by atoms with Crippen molar-refractivity contribution >= 4 is 28.9 Å². The van der Waals surface area contributed by atoms with Crippen LogP contribution in [0.1, 0.15) is 15.9 Å². The molecule has 11 heteroatoms. The lowest BCUT2D eigenvalue weighted by molar-refractivity contribution is -0.385. The van der Waals surface area contributed by atoms with Crippen LogP contribution in [-0.2, 0) is 6.18 Å². The van der Waals surface area contributed by atoms with E-state index in [-0.39, 0.29) is 22.2 Å². The molecular weight excluding hydrogens is 441 g/mol. The molecule has 0 unspecified atom stereocenters. The Labute approximate surface area is 177 Å². The molecule has 0 radical (unpaired) electrons. The van der Waals surface area contributed by atoms with Crippen LogP contribution < -0.4 is 10.1 Å². The van der Waals surface area contributed by atoms with Gasteiger partial charge in [-0.1, -0.05) is 23.7 Å². The van der Waals surface area contributed by atoms with Gasteiger partial charge >= 0.3 is 6.18 Å². The summed E-state index contributed by atoms with van der Waals surface area (Å²) >= 11 is 6.10. The summed E-state index contributed by atoms with van der Waals surface area (Å²) in [6, 6.07) is 11.5. The molecule has 160 valence electrons. The second kappa shape index (κ2) is 8.52. The highest BCUT2D eigenvalue weighted by Crippen LogP contribution is 2.36. The minimum Gasteiger partial charge on any atom is -0.507 e. The van der Waals surface area contributed by atoms with Crippen LogP contribution in [0.15, 0.2) is 60.7 Å². The Morgan fingerprint density at radius 2 is 1.81 bits per heavy atom. The number of nitrogens with one attached hydrogen (secondary N) is 1. The fourth-order valence-corrected chi connectivity index (χ4v) is 2.85. The van der Waals surface area contributed by atoms with E-state index in [4.69, 9.17) is 16.3 Å². The molecule has 0 saturated heterocycles. The van der Waals surface area contributed by atoms with Gasteiger partial charge in [0.2, 0.25) is 0 Å². The molecule has 0 bridgehead atoms. The molecule has 3 aromatic carbocycles. The van der Waals surface area contributed by atoms with Crippen molar-refractivity contribution in [2.75, 3.05) is 5.32 Å². The number of nitro groups is 1. The van der Waals surface area contributed by atoms with Gasteiger partial charge in [-0.05, 0) is 42.5 Å². The Kier molecular flexibility index (Phi) is 6.02. The number of alkyl halides is 3. The first-order valence-corrected chi connectivity index (χ1v) is 8.86. The minimum absolute atomic E-state index is 0.0209. The maximum atomic E-state index is 12.8. The maximum Gasteiger partial charge on any atom is 0.416 e. The summed E-state index contributed by atoms with van der Waals surface area (Å²) in [5, 5.41) is 23.3. The second-order valence-electron chi connectivity index (χ2n) is 6.16. The van der Waals surface area contributed by atoms with Crippen molar-refractivity contribution in [1.29, 1.82) is 0 Å². The largest absolute Gasteiger partial charge is 0.507 e. The van der Waals surface area contributed by atoms with Gasteiger partial charge in [0, 0.05) is 11.8 Å². The SMILES string of the molecule is O=C(Nc1ccc(Oc2cccc(C(F)(F)F)c2)c(Cl)c1)c1c(O)cccc1[N+](=O)[O-]. The molecule has 0 aliphatic rings. The quantitative estimate of drug-likeness (QED) is 0.364. The zero-order valence-electron chi connectivity index (χ0n) is 15.3. The normalized spacial score (nSPS) is 11.1. The summed E-state index contributed by atoms with van der Waals surface area (Å²) in [4.78, 5) is 22.7. The van der Waals surface area contributed by atoms with Crippen LogP contribution in [0.3, 0.4) is 0 Å². The summed E-state index contributed by atoms with van der Waals surface area (Å²) in [5.41, 5.74) is -1.90. The molecule has 1 amide bonds. The van der Waals surface area contributed by atoms with Gasteiger partial charge in [-0.2, -0.15) is 13.2 Å². The van der Waals surface area contributed by atoms with E-state index in [1.54, 1.807) is 0 Å². The molecule has 2 N–H and O–H groups in total. The van der Waals surface area contributed by atoms with Crippen molar-refractivity contribution in [3.05, 3.63) is 86.9 Å². The average Bonchev–Trinajstić information content (AvgIpc) is 2.69. The van der Waals surface area contributed by atoms with Crippen molar-refractivity contribution in [3.8, 4) is 17.2 Å². The van der Waals surface area contributed by atoms with E-state index < -0.39 is 39.6 Å². The van der Waals surface area contributed by atoms with Crippen molar-refractivity contribution in [2.45, 2.75) is 6.18 Å². The molecule has 3 aromatic rings. The number of rotatable bonds is 5. The van der Waals surface area contributed by atoms with Crippen LogP contribution >= 0.6 is 11.6 Å². The second-order valence-corrected chi connectivity index (χ2v) is 6.56. The number of hydrogen-bond donors (Lipinski definition) is 2. The van der Waals surface area contributed by atoms with Gasteiger partial charge in [0.05, 0.1) is 15.5 Å². The molecule has 0 atom stereocenters. The summed E-state index contributed by atoms with van der Waals surface area (Å²) in [5.74, 6) is -1.61. The summed E-state index contributed by atoms with van der Waals surface area (Å²) in [6.45, 7) is 0. The van der Waals surface area contributed by atoms with E-state index in [2.05, 4.69) is 5.32 Å². The van der Waals surface area contributed by atoms with E-state index in [1.165, 1.54) is 36.4 Å². The monoisotopic (exact) mass is 452 g/mol. The standard InChI is InChI=1S/C20H12ClF3N2O5/c21-14-10-12(25-19(28)18-15(26(29)30)5-2-6-16(18)27)7-8-17(14)31-13-4-1-3-11(9-13)20(22,23)24/h1-10,27H,(H,25,28). The highest BCUT2D eigenvalue weighted by molar-refractivity contribution is 6.32. The third-order valence-electron chi connectivity index (χ3n) is 4.02. The van der Waals surface area contributed by atoms with Crippen molar-refractivity contribution in [3.63, 3.8) is 0 Å². The Bertz CT molecular complexity index is 1170. The highest BCUT2D eigenvalue weighted by atomic mass is 35.5. The number of phenols is 1. The number of nitrogens with zero attached hydrogens (tertiary/aromatic N) is 1. The van der Waals surface area contributed by atoms with Crippen LogP contribution in [0, 0.1) is 10.1 Å². The summed E-state index contributed by atoms with van der Waals surface area (Å²) < 4.78 is 43.9. The van der Waals surface area contributed by atoms with Crippen LogP contribution in [0.4, 0.5) is 24.5 Å². The number of nitro benzene ring substituents is 1. The molecule has 0 spiro atoms.